The molecule has 8 heteroatoms. The van der Waals surface area contributed by atoms with Crippen LogP contribution in [0.1, 0.15) is 31.2 Å². The van der Waals surface area contributed by atoms with Crippen molar-refractivity contribution in [2.45, 2.75) is 25.4 Å². The van der Waals surface area contributed by atoms with E-state index in [0.29, 0.717) is 13.0 Å². The van der Waals surface area contributed by atoms with Crippen molar-refractivity contribution in [3.8, 4) is 0 Å². The van der Waals surface area contributed by atoms with Crippen LogP contribution in [-0.2, 0) is 5.67 Å². The zero-order valence-electron chi connectivity index (χ0n) is 10.9. The molecule has 108 valence electrons. The van der Waals surface area contributed by atoms with Gasteiger partial charge in [0.25, 0.3) is 12.2 Å². The van der Waals surface area contributed by atoms with Crippen LogP contribution < -0.4 is 5.32 Å². The van der Waals surface area contributed by atoms with Crippen molar-refractivity contribution in [3.05, 3.63) is 23.8 Å². The van der Waals surface area contributed by atoms with Crippen molar-refractivity contribution in [3.63, 3.8) is 0 Å². The maximum atomic E-state index is 15.3. The lowest BCUT2D eigenvalue weighted by Crippen LogP contribution is -2.47. The van der Waals surface area contributed by atoms with Gasteiger partial charge in [-0.05, 0) is 24.9 Å². The van der Waals surface area contributed by atoms with Crippen LogP contribution in [0.2, 0.25) is 0 Å². The first kappa shape index (κ1) is 13.3. The summed E-state index contributed by atoms with van der Waals surface area (Å²) in [5.74, 6) is -0.309. The molecule has 2 aromatic heterocycles. The molecule has 2 aromatic rings. The molecule has 5 nitrogen and oxygen atoms in total. The van der Waals surface area contributed by atoms with Gasteiger partial charge in [-0.3, -0.25) is 0 Å². The minimum absolute atomic E-state index is 0.00685. The van der Waals surface area contributed by atoms with Crippen LogP contribution in [0.4, 0.5) is 13.2 Å². The highest BCUT2D eigenvalue weighted by atomic mass is 19.3. The van der Waals surface area contributed by atoms with Gasteiger partial charge in [-0.15, -0.1) is 0 Å². The maximum Gasteiger partial charge on any atom is 0.280 e. The maximum absolute atomic E-state index is 15.3. The average molecular weight is 285 g/mol. The molecule has 1 N–H and O–H groups in total. The van der Waals surface area contributed by atoms with Gasteiger partial charge < -0.3 is 5.32 Å². The number of hydrogen-bond acceptors (Lipinski definition) is 4. The summed E-state index contributed by atoms with van der Waals surface area (Å²) in [6, 6.07) is 1.09. The zero-order valence-corrected chi connectivity index (χ0v) is 10.9. The predicted octanol–water partition coefficient (Wildman–Crippen LogP) is 1.86. The number of rotatable bonds is 2. The molecular weight excluding hydrogens is 271 g/mol. The van der Waals surface area contributed by atoms with E-state index in [1.807, 2.05) is 0 Å². The van der Waals surface area contributed by atoms with Crippen molar-refractivity contribution >= 4 is 5.78 Å². The van der Waals surface area contributed by atoms with Gasteiger partial charge >= 0.3 is 0 Å². The Balaban J connectivity index is 2.20. The fraction of sp³-hybridized carbons (Fsp3) is 0.583. The van der Waals surface area contributed by atoms with E-state index in [0.717, 1.165) is 6.07 Å². The lowest BCUT2D eigenvalue weighted by molar-refractivity contribution is 0.0518. The number of halogens is 3. The Kier molecular flexibility index (Phi) is 3.12. The van der Waals surface area contributed by atoms with Crippen LogP contribution in [-0.4, -0.2) is 32.7 Å². The van der Waals surface area contributed by atoms with Gasteiger partial charge in [0, 0.05) is 6.54 Å². The number of piperidine rings is 1. The molecule has 0 radical (unpaired) electrons. The smallest absolute Gasteiger partial charge is 0.280 e. The normalized spacial score (nSPS) is 27.4. The molecule has 2 atom stereocenters. The van der Waals surface area contributed by atoms with Crippen molar-refractivity contribution in [2.24, 2.45) is 5.92 Å². The molecule has 3 rings (SSSR count). The zero-order chi connectivity index (χ0) is 14.3. The van der Waals surface area contributed by atoms with Crippen LogP contribution in [0.5, 0.6) is 0 Å². The molecule has 0 aromatic carbocycles. The second-order valence-electron chi connectivity index (χ2n) is 5.07. The summed E-state index contributed by atoms with van der Waals surface area (Å²) >= 11 is 0. The van der Waals surface area contributed by atoms with Gasteiger partial charge in [-0.1, -0.05) is 6.92 Å². The first-order chi connectivity index (χ1) is 9.52. The van der Waals surface area contributed by atoms with Gasteiger partial charge in [0.15, 0.2) is 5.67 Å². The first-order valence-corrected chi connectivity index (χ1v) is 6.41. The summed E-state index contributed by atoms with van der Waals surface area (Å²) in [5, 5.41) is 6.87. The van der Waals surface area contributed by atoms with Crippen molar-refractivity contribution in [1.82, 2.24) is 24.9 Å². The molecule has 0 bridgehead atoms. The monoisotopic (exact) mass is 285 g/mol. The fourth-order valence-corrected chi connectivity index (χ4v) is 2.57. The van der Waals surface area contributed by atoms with Crippen molar-refractivity contribution < 1.29 is 13.2 Å². The lowest BCUT2D eigenvalue weighted by atomic mass is 9.82. The summed E-state index contributed by atoms with van der Waals surface area (Å²) in [6.07, 6.45) is -0.962. The molecule has 20 heavy (non-hydrogen) atoms. The summed E-state index contributed by atoms with van der Waals surface area (Å²) < 4.78 is 42.4. The highest BCUT2D eigenvalue weighted by molar-refractivity contribution is 5.34. The number of nitrogens with one attached hydrogen (secondary N) is 1. The molecule has 0 saturated carbocycles. The van der Waals surface area contributed by atoms with Gasteiger partial charge in [0.05, 0.1) is 5.69 Å². The highest BCUT2D eigenvalue weighted by Gasteiger charge is 2.43. The van der Waals surface area contributed by atoms with E-state index in [9.17, 15) is 8.78 Å². The third-order valence-corrected chi connectivity index (χ3v) is 3.84. The van der Waals surface area contributed by atoms with E-state index < -0.39 is 17.8 Å². The summed E-state index contributed by atoms with van der Waals surface area (Å²) in [4.78, 5) is 7.49. The highest BCUT2D eigenvalue weighted by Crippen LogP contribution is 2.38. The fourth-order valence-electron chi connectivity index (χ4n) is 2.57. The largest absolute Gasteiger partial charge is 0.313 e. The molecule has 0 aliphatic carbocycles. The summed E-state index contributed by atoms with van der Waals surface area (Å²) in [6.45, 7) is 2.54. The minimum atomic E-state index is -2.77. The van der Waals surface area contributed by atoms with E-state index in [1.54, 1.807) is 6.92 Å². The molecule has 1 aliphatic rings. The van der Waals surface area contributed by atoms with Crippen LogP contribution >= 0.6 is 0 Å². The van der Waals surface area contributed by atoms with E-state index >= 15 is 4.39 Å². The van der Waals surface area contributed by atoms with Crippen LogP contribution in [0.3, 0.4) is 0 Å². The Hall–Kier alpha value is -1.70. The predicted molar refractivity (Wildman–Crippen MR) is 65.2 cm³/mol. The summed E-state index contributed by atoms with van der Waals surface area (Å²) in [5.41, 5.74) is -2.16. The van der Waals surface area contributed by atoms with Crippen LogP contribution in [0, 0.1) is 5.92 Å². The molecule has 1 saturated heterocycles. The van der Waals surface area contributed by atoms with Crippen LogP contribution in [0.25, 0.3) is 5.78 Å². The van der Waals surface area contributed by atoms with Gasteiger partial charge in [-0.25, -0.2) is 18.2 Å². The van der Waals surface area contributed by atoms with Crippen LogP contribution in [0.15, 0.2) is 12.4 Å². The number of hydrogen-bond donors (Lipinski definition) is 1. The third kappa shape index (κ3) is 1.94. The Bertz CT molecular complexity index is 629. The Morgan fingerprint density at radius 3 is 3.00 bits per heavy atom. The van der Waals surface area contributed by atoms with Crippen molar-refractivity contribution in [1.29, 1.82) is 0 Å². The van der Waals surface area contributed by atoms with E-state index in [4.69, 9.17) is 0 Å². The van der Waals surface area contributed by atoms with E-state index in [-0.39, 0.29) is 23.9 Å². The SMILES string of the molecule is C[C@@H]1CCNC[C@@]1(F)c1cc(C(F)F)nc2ncnn12. The third-order valence-electron chi connectivity index (χ3n) is 3.84. The Morgan fingerprint density at radius 2 is 2.30 bits per heavy atom. The van der Waals surface area contributed by atoms with Crippen molar-refractivity contribution in [2.75, 3.05) is 13.1 Å². The quantitative estimate of drug-likeness (QED) is 0.915. The molecule has 0 unspecified atom stereocenters. The standard InChI is InChI=1S/C12H14F3N5/c1-7-2-3-16-5-12(7,15)9-4-8(10(13)14)19-11-17-6-18-20(9)11/h4,6-7,10,16H,2-3,5H2,1H3/t7-,12+/m1/s1. The second-order valence-corrected chi connectivity index (χ2v) is 5.07. The number of fused-ring (bicyclic) bond motifs is 1. The Morgan fingerprint density at radius 1 is 1.50 bits per heavy atom. The molecule has 0 spiro atoms. The number of alkyl halides is 3. The topological polar surface area (TPSA) is 55.1 Å². The minimum Gasteiger partial charge on any atom is -0.313 e. The average Bonchev–Trinajstić information content (AvgIpc) is 2.89. The molecule has 0 amide bonds. The first-order valence-electron chi connectivity index (χ1n) is 6.41. The van der Waals surface area contributed by atoms with Gasteiger partial charge in [0.2, 0.25) is 0 Å². The second kappa shape index (κ2) is 4.69. The molecule has 1 fully saturated rings. The van der Waals surface area contributed by atoms with Gasteiger partial charge in [-0.2, -0.15) is 14.6 Å². The van der Waals surface area contributed by atoms with E-state index in [1.165, 1.54) is 10.8 Å². The van der Waals surface area contributed by atoms with Gasteiger partial charge in [0.1, 0.15) is 12.0 Å². The number of nitrogens with zero attached hydrogens (tertiary/aromatic N) is 4. The molecule has 3 heterocycles. The summed E-state index contributed by atoms with van der Waals surface area (Å²) in [7, 11) is 0. The Labute approximate surface area is 113 Å². The molecule has 1 aliphatic heterocycles. The lowest BCUT2D eigenvalue weighted by Gasteiger charge is -2.36. The van der Waals surface area contributed by atoms with E-state index in [2.05, 4.69) is 20.4 Å². The molecular formula is C12H14F3N5. The number of aromatic nitrogens is 4.